The molecule has 0 spiro atoms. The van der Waals surface area contributed by atoms with Crippen molar-refractivity contribution in [2.75, 3.05) is 13.2 Å². The first-order chi connectivity index (χ1) is 15.1. The van der Waals surface area contributed by atoms with Crippen LogP contribution in [0.2, 0.25) is 0 Å². The van der Waals surface area contributed by atoms with Crippen molar-refractivity contribution < 1.29 is 19.1 Å². The van der Waals surface area contributed by atoms with Gasteiger partial charge in [-0.2, -0.15) is 0 Å². The molecule has 0 saturated carbocycles. The summed E-state index contributed by atoms with van der Waals surface area (Å²) in [5.74, 6) is -0.635. The fourth-order valence-corrected chi connectivity index (χ4v) is 4.81. The van der Waals surface area contributed by atoms with Crippen LogP contribution in [0.3, 0.4) is 0 Å². The van der Waals surface area contributed by atoms with Crippen molar-refractivity contribution in [3.05, 3.63) is 75.9 Å². The highest BCUT2D eigenvalue weighted by molar-refractivity contribution is 9.10. The van der Waals surface area contributed by atoms with Crippen molar-refractivity contribution in [2.45, 2.75) is 32.1 Å². The molecule has 0 amide bonds. The zero-order valence-electron chi connectivity index (χ0n) is 17.3. The summed E-state index contributed by atoms with van der Waals surface area (Å²) in [6.45, 7) is 2.23. The number of hydrogen-bond donors (Lipinski definition) is 0. The van der Waals surface area contributed by atoms with Crippen molar-refractivity contribution >= 4 is 33.4 Å². The number of halogens is 1. The van der Waals surface area contributed by atoms with Crippen molar-refractivity contribution in [2.24, 2.45) is 10.9 Å². The van der Waals surface area contributed by atoms with Gasteiger partial charge in [0.15, 0.2) is 5.78 Å². The second-order valence-electron chi connectivity index (χ2n) is 7.70. The van der Waals surface area contributed by atoms with Gasteiger partial charge < -0.3 is 9.47 Å². The molecule has 0 radical (unpaired) electrons. The molecule has 4 rings (SSSR count). The molecule has 1 aliphatic carbocycles. The van der Waals surface area contributed by atoms with E-state index in [1.54, 1.807) is 0 Å². The van der Waals surface area contributed by atoms with Crippen molar-refractivity contribution in [1.29, 1.82) is 0 Å². The molecule has 5 nitrogen and oxygen atoms in total. The second-order valence-corrected chi connectivity index (χ2v) is 8.55. The quantitative estimate of drug-likeness (QED) is 0.417. The number of para-hydroxylation sites is 1. The highest BCUT2D eigenvalue weighted by Crippen LogP contribution is 2.45. The van der Waals surface area contributed by atoms with Gasteiger partial charge in [0.05, 0.1) is 0 Å². The van der Waals surface area contributed by atoms with Crippen LogP contribution in [-0.2, 0) is 14.3 Å². The third-order valence-corrected chi connectivity index (χ3v) is 6.39. The standard InChI is InChI=1S/C25H24BrNO4/c1-16-22(25(29)31-15-14-30-17-8-3-2-4-9-17)23(18-10-5-6-11-19(18)26)24-20(27-16)12-7-13-21(24)28/h2-6,8-11,22-23H,7,12-15H2,1H3/t22?,23-/m0/s1. The van der Waals surface area contributed by atoms with E-state index in [4.69, 9.17) is 9.47 Å². The summed E-state index contributed by atoms with van der Waals surface area (Å²) < 4.78 is 12.1. The summed E-state index contributed by atoms with van der Waals surface area (Å²) >= 11 is 3.61. The minimum Gasteiger partial charge on any atom is -0.490 e. The van der Waals surface area contributed by atoms with Crippen LogP contribution in [-0.4, -0.2) is 30.7 Å². The van der Waals surface area contributed by atoms with Gasteiger partial charge in [-0.15, -0.1) is 0 Å². The molecule has 160 valence electrons. The third kappa shape index (κ3) is 4.64. The molecular weight excluding hydrogens is 458 g/mol. The Morgan fingerprint density at radius 3 is 2.58 bits per heavy atom. The fourth-order valence-electron chi connectivity index (χ4n) is 4.28. The topological polar surface area (TPSA) is 65.0 Å². The number of esters is 1. The van der Waals surface area contributed by atoms with E-state index in [0.29, 0.717) is 17.7 Å². The zero-order chi connectivity index (χ0) is 21.8. The number of hydrogen-bond acceptors (Lipinski definition) is 5. The number of nitrogens with zero attached hydrogens (tertiary/aromatic N) is 1. The molecule has 0 saturated heterocycles. The van der Waals surface area contributed by atoms with E-state index in [1.165, 1.54) is 0 Å². The normalized spacial score (nSPS) is 20.7. The lowest BCUT2D eigenvalue weighted by atomic mass is 9.72. The molecule has 0 bridgehead atoms. The van der Waals surface area contributed by atoms with Gasteiger partial charge in [-0.25, -0.2) is 0 Å². The van der Waals surface area contributed by atoms with E-state index in [-0.39, 0.29) is 25.0 Å². The Kier molecular flexibility index (Phi) is 6.66. The number of benzene rings is 2. The lowest BCUT2D eigenvalue weighted by molar-refractivity contribution is -0.147. The Morgan fingerprint density at radius 1 is 1.06 bits per heavy atom. The number of carbonyl (C=O) groups excluding carboxylic acids is 2. The summed E-state index contributed by atoms with van der Waals surface area (Å²) in [6.07, 6.45) is 2.04. The van der Waals surface area contributed by atoms with Crippen LogP contribution in [0.15, 0.2) is 75.3 Å². The fraction of sp³-hybridized carbons (Fsp3) is 0.320. The summed E-state index contributed by atoms with van der Waals surface area (Å²) in [7, 11) is 0. The van der Waals surface area contributed by atoms with Gasteiger partial charge in [0.1, 0.15) is 24.9 Å². The maximum atomic E-state index is 13.2. The first-order valence-electron chi connectivity index (χ1n) is 10.5. The highest BCUT2D eigenvalue weighted by Gasteiger charge is 2.43. The van der Waals surface area contributed by atoms with Gasteiger partial charge in [-0.05, 0) is 43.5 Å². The molecule has 2 aromatic rings. The minimum absolute atomic E-state index is 0.0727. The molecule has 2 aromatic carbocycles. The van der Waals surface area contributed by atoms with Crippen LogP contribution < -0.4 is 4.74 Å². The number of ether oxygens (including phenoxy) is 2. The van der Waals surface area contributed by atoms with E-state index >= 15 is 0 Å². The minimum atomic E-state index is -0.642. The average molecular weight is 482 g/mol. The predicted molar refractivity (Wildman–Crippen MR) is 122 cm³/mol. The lowest BCUT2D eigenvalue weighted by Crippen LogP contribution is -2.37. The largest absolute Gasteiger partial charge is 0.490 e. The van der Waals surface area contributed by atoms with E-state index in [0.717, 1.165) is 34.3 Å². The number of carbonyl (C=O) groups is 2. The Morgan fingerprint density at radius 2 is 1.81 bits per heavy atom. The van der Waals surface area contributed by atoms with Crippen molar-refractivity contribution in [3.63, 3.8) is 0 Å². The molecule has 2 aliphatic rings. The number of ketones is 1. The Hall–Kier alpha value is -2.73. The van der Waals surface area contributed by atoms with Crippen LogP contribution in [0.5, 0.6) is 5.75 Å². The van der Waals surface area contributed by atoms with E-state index < -0.39 is 11.8 Å². The third-order valence-electron chi connectivity index (χ3n) is 5.67. The molecule has 1 unspecified atom stereocenters. The Labute approximate surface area is 190 Å². The summed E-state index contributed by atoms with van der Waals surface area (Å²) in [6, 6.07) is 17.1. The number of allylic oxidation sites excluding steroid dienone is 2. The van der Waals surface area contributed by atoms with Crippen LogP contribution in [0.1, 0.15) is 37.7 Å². The number of aliphatic imine (C=N–C) groups is 1. The SMILES string of the molecule is CC1=NC2=C(C(=O)CCC2)[C@@H](c2ccccc2Br)C1C(=O)OCCOc1ccccc1. The summed E-state index contributed by atoms with van der Waals surface area (Å²) in [5, 5.41) is 0. The van der Waals surface area contributed by atoms with E-state index in [9.17, 15) is 9.59 Å². The molecule has 31 heavy (non-hydrogen) atoms. The number of Topliss-reactive ketones (excluding diaryl/α,β-unsaturated/α-hetero) is 1. The van der Waals surface area contributed by atoms with Crippen molar-refractivity contribution in [1.82, 2.24) is 0 Å². The van der Waals surface area contributed by atoms with Crippen LogP contribution in [0, 0.1) is 5.92 Å². The Balaban J connectivity index is 1.56. The first kappa shape index (κ1) is 21.5. The lowest BCUT2D eigenvalue weighted by Gasteiger charge is -2.34. The van der Waals surface area contributed by atoms with Gasteiger partial charge >= 0.3 is 5.97 Å². The second kappa shape index (κ2) is 9.60. The predicted octanol–water partition coefficient (Wildman–Crippen LogP) is 5.25. The van der Waals surface area contributed by atoms with E-state index in [1.807, 2.05) is 61.5 Å². The maximum absolute atomic E-state index is 13.2. The van der Waals surface area contributed by atoms with E-state index in [2.05, 4.69) is 20.9 Å². The van der Waals surface area contributed by atoms with Gasteiger partial charge in [0, 0.05) is 33.8 Å². The summed E-state index contributed by atoms with van der Waals surface area (Å²) in [5.41, 5.74) is 3.06. The van der Waals surface area contributed by atoms with Gasteiger partial charge in [-0.3, -0.25) is 14.6 Å². The number of rotatable bonds is 6. The van der Waals surface area contributed by atoms with Crippen molar-refractivity contribution in [3.8, 4) is 5.75 Å². The van der Waals surface area contributed by atoms with Gasteiger partial charge in [-0.1, -0.05) is 52.3 Å². The first-order valence-corrected chi connectivity index (χ1v) is 11.3. The highest BCUT2D eigenvalue weighted by atomic mass is 79.9. The summed E-state index contributed by atoms with van der Waals surface area (Å²) in [4.78, 5) is 30.8. The molecule has 0 N–H and O–H groups in total. The van der Waals surface area contributed by atoms with Crippen LogP contribution >= 0.6 is 15.9 Å². The average Bonchev–Trinajstić information content (AvgIpc) is 2.77. The van der Waals surface area contributed by atoms with Crippen LogP contribution in [0.4, 0.5) is 0 Å². The van der Waals surface area contributed by atoms with Gasteiger partial charge in [0.2, 0.25) is 0 Å². The molecule has 2 atom stereocenters. The zero-order valence-corrected chi connectivity index (χ0v) is 18.9. The molecule has 1 aliphatic heterocycles. The van der Waals surface area contributed by atoms with Crippen LogP contribution in [0.25, 0.3) is 0 Å². The van der Waals surface area contributed by atoms with Gasteiger partial charge in [0.25, 0.3) is 0 Å². The molecule has 1 heterocycles. The monoisotopic (exact) mass is 481 g/mol. The smallest absolute Gasteiger partial charge is 0.315 e. The maximum Gasteiger partial charge on any atom is 0.315 e. The Bertz CT molecular complexity index is 1040. The molecular formula is C25H24BrNO4. The molecule has 0 fully saturated rings. The molecule has 6 heteroatoms. The molecule has 0 aromatic heterocycles.